The van der Waals surface area contributed by atoms with Crippen LogP contribution in [0.3, 0.4) is 0 Å². The Morgan fingerprint density at radius 1 is 1.82 bits per heavy atom. The fraction of sp³-hybridized carbons (Fsp3) is 0.400. The molecule has 0 amide bonds. The Balaban J connectivity index is 2.65. The first-order chi connectivity index (χ1) is 5.22. The second kappa shape index (κ2) is 4.04. The Labute approximate surface area is 77.3 Å². The number of hydrogen-bond donors (Lipinski definition) is 0. The number of nitrogens with zero attached hydrogens (tertiary/aromatic N) is 2. The van der Waals surface area contributed by atoms with Crippen molar-refractivity contribution in [1.82, 2.24) is 9.36 Å². The molecule has 0 fully saturated rings. The van der Waals surface area contributed by atoms with E-state index in [1.807, 2.05) is 0 Å². The molecule has 1 heterocycles. The van der Waals surface area contributed by atoms with E-state index < -0.39 is 0 Å². The Morgan fingerprint density at radius 2 is 2.55 bits per heavy atom. The number of rotatable bonds is 2. The molecule has 3 nitrogen and oxygen atoms in total. The van der Waals surface area contributed by atoms with Gasteiger partial charge in [-0.1, -0.05) is 0 Å². The topological polar surface area (TPSA) is 42.9 Å². The summed E-state index contributed by atoms with van der Waals surface area (Å²) < 4.78 is 4.57. The number of carbonyl (C=O) groups excluding carboxylic acids is 1. The smallest absolute Gasteiger partial charge is 0.192 e. The summed E-state index contributed by atoms with van der Waals surface area (Å²) in [5.74, 6) is 0.884. The number of hydrogen-bond acceptors (Lipinski definition) is 5. The molecule has 1 aromatic rings. The molecule has 0 unspecified atom stereocenters. The van der Waals surface area contributed by atoms with E-state index in [1.54, 1.807) is 0 Å². The van der Waals surface area contributed by atoms with Crippen LogP contribution in [0.2, 0.25) is 0 Å². The third-order valence-electron chi connectivity index (χ3n) is 0.800. The largest absolute Gasteiger partial charge is 0.287 e. The number of thioether (sulfide) groups is 1. The second-order valence-corrected chi connectivity index (χ2v) is 4.15. The van der Waals surface area contributed by atoms with Gasteiger partial charge in [0.1, 0.15) is 0 Å². The van der Waals surface area contributed by atoms with Crippen LogP contribution in [0.5, 0.6) is 0 Å². The zero-order valence-corrected chi connectivity index (χ0v) is 8.09. The second-order valence-electron chi connectivity index (χ2n) is 1.70. The maximum atomic E-state index is 10.6. The molecule has 1 rings (SSSR count). The number of alkyl halides is 1. The van der Waals surface area contributed by atoms with E-state index in [1.165, 1.54) is 18.5 Å². The first kappa shape index (κ1) is 8.96. The van der Waals surface area contributed by atoms with Crippen molar-refractivity contribution in [1.29, 1.82) is 0 Å². The number of carbonyl (C=O) groups is 1. The summed E-state index contributed by atoms with van der Waals surface area (Å²) in [6.45, 7) is 1.49. The summed E-state index contributed by atoms with van der Waals surface area (Å²) in [5, 5.41) is 0.0160. The van der Waals surface area contributed by atoms with Crippen molar-refractivity contribution in [2.75, 3.05) is 0 Å². The molecule has 0 bridgehead atoms. The standard InChI is InChI=1S/C5H5ClN2OS2/c1-3(9)10-5-7-4(2-6)8-11-5/h2H2,1H3. The van der Waals surface area contributed by atoms with Gasteiger partial charge in [-0.25, -0.2) is 4.98 Å². The molecule has 0 aliphatic rings. The van der Waals surface area contributed by atoms with Gasteiger partial charge < -0.3 is 0 Å². The van der Waals surface area contributed by atoms with Gasteiger partial charge in [0, 0.05) is 6.92 Å². The monoisotopic (exact) mass is 208 g/mol. The lowest BCUT2D eigenvalue weighted by atomic mass is 10.7. The van der Waals surface area contributed by atoms with Crippen LogP contribution in [0.4, 0.5) is 0 Å². The third-order valence-corrected chi connectivity index (χ3v) is 2.62. The normalized spacial score (nSPS) is 10.0. The molecule has 0 saturated heterocycles. The lowest BCUT2D eigenvalue weighted by Crippen LogP contribution is -1.82. The highest BCUT2D eigenvalue weighted by molar-refractivity contribution is 8.14. The summed E-state index contributed by atoms with van der Waals surface area (Å²) in [5.41, 5.74) is 0. The molecular weight excluding hydrogens is 204 g/mol. The summed E-state index contributed by atoms with van der Waals surface area (Å²) in [4.78, 5) is 14.6. The average Bonchev–Trinajstić information content (AvgIpc) is 2.34. The molecule has 0 spiro atoms. The molecule has 1 aromatic heterocycles. The Morgan fingerprint density at radius 3 is 3.00 bits per heavy atom. The Kier molecular flexibility index (Phi) is 3.29. The van der Waals surface area contributed by atoms with Gasteiger partial charge in [0.2, 0.25) is 0 Å². The van der Waals surface area contributed by atoms with Gasteiger partial charge in [0.15, 0.2) is 15.3 Å². The summed E-state index contributed by atoms with van der Waals surface area (Å²) in [6.07, 6.45) is 0. The molecule has 0 N–H and O–H groups in total. The average molecular weight is 209 g/mol. The quantitative estimate of drug-likeness (QED) is 0.550. The van der Waals surface area contributed by atoms with Crippen molar-refractivity contribution in [3.05, 3.63) is 5.82 Å². The van der Waals surface area contributed by atoms with E-state index in [9.17, 15) is 4.79 Å². The lowest BCUT2D eigenvalue weighted by Gasteiger charge is -1.84. The van der Waals surface area contributed by atoms with E-state index in [2.05, 4.69) is 9.36 Å². The van der Waals surface area contributed by atoms with E-state index in [-0.39, 0.29) is 5.12 Å². The van der Waals surface area contributed by atoms with Gasteiger partial charge in [-0.2, -0.15) is 4.37 Å². The van der Waals surface area contributed by atoms with Crippen molar-refractivity contribution >= 4 is 40.0 Å². The van der Waals surface area contributed by atoms with Crippen molar-refractivity contribution in [2.24, 2.45) is 0 Å². The highest BCUT2D eigenvalue weighted by atomic mass is 35.5. The van der Waals surface area contributed by atoms with Crippen LogP contribution in [0.15, 0.2) is 4.34 Å². The maximum Gasteiger partial charge on any atom is 0.192 e. The van der Waals surface area contributed by atoms with Crippen LogP contribution in [-0.2, 0) is 10.7 Å². The predicted molar refractivity (Wildman–Crippen MR) is 46.0 cm³/mol. The van der Waals surface area contributed by atoms with Crippen molar-refractivity contribution < 1.29 is 4.79 Å². The molecule has 0 atom stereocenters. The van der Waals surface area contributed by atoms with E-state index >= 15 is 0 Å². The van der Waals surface area contributed by atoms with E-state index in [0.717, 1.165) is 11.8 Å². The Hall–Kier alpha value is -0.130. The zero-order chi connectivity index (χ0) is 8.27. The van der Waals surface area contributed by atoms with Crippen molar-refractivity contribution in [3.8, 4) is 0 Å². The first-order valence-corrected chi connectivity index (χ1v) is 4.92. The molecule has 6 heteroatoms. The van der Waals surface area contributed by atoms with Gasteiger partial charge >= 0.3 is 0 Å². The fourth-order valence-electron chi connectivity index (χ4n) is 0.457. The van der Waals surface area contributed by atoms with Gasteiger partial charge in [-0.3, -0.25) is 4.79 Å². The molecular formula is C5H5ClN2OS2. The molecule has 0 aliphatic carbocycles. The third kappa shape index (κ3) is 2.76. The molecule has 0 aliphatic heterocycles. The minimum absolute atomic E-state index is 0.0160. The van der Waals surface area contributed by atoms with Crippen LogP contribution in [0.1, 0.15) is 12.7 Å². The SMILES string of the molecule is CC(=O)Sc1nc(CCl)ns1. The van der Waals surface area contributed by atoms with Gasteiger partial charge in [0.25, 0.3) is 0 Å². The summed E-state index contributed by atoms with van der Waals surface area (Å²) in [6, 6.07) is 0. The zero-order valence-electron chi connectivity index (χ0n) is 5.70. The molecule has 0 radical (unpaired) electrons. The molecule has 0 saturated carbocycles. The van der Waals surface area contributed by atoms with Gasteiger partial charge in [-0.15, -0.1) is 11.6 Å². The minimum Gasteiger partial charge on any atom is -0.287 e. The van der Waals surface area contributed by atoms with E-state index in [4.69, 9.17) is 11.6 Å². The summed E-state index contributed by atoms with van der Waals surface area (Å²) >= 11 is 7.75. The van der Waals surface area contributed by atoms with Crippen LogP contribution in [0, 0.1) is 0 Å². The molecule has 0 aromatic carbocycles. The summed E-state index contributed by atoms with van der Waals surface area (Å²) in [7, 11) is 0. The van der Waals surface area contributed by atoms with Crippen molar-refractivity contribution in [2.45, 2.75) is 17.1 Å². The molecule has 11 heavy (non-hydrogen) atoms. The fourth-order valence-corrected chi connectivity index (χ4v) is 2.09. The van der Waals surface area contributed by atoms with Crippen LogP contribution in [0.25, 0.3) is 0 Å². The predicted octanol–water partition coefficient (Wildman–Crippen LogP) is 1.92. The highest BCUT2D eigenvalue weighted by Gasteiger charge is 2.05. The van der Waals surface area contributed by atoms with Gasteiger partial charge in [-0.05, 0) is 23.3 Å². The Bertz CT molecular complexity index is 263. The van der Waals surface area contributed by atoms with E-state index in [0.29, 0.717) is 16.0 Å². The van der Waals surface area contributed by atoms with Gasteiger partial charge in [0.05, 0.1) is 5.88 Å². The van der Waals surface area contributed by atoms with Crippen LogP contribution >= 0.6 is 34.9 Å². The van der Waals surface area contributed by atoms with Crippen LogP contribution in [-0.4, -0.2) is 14.5 Å². The molecule has 60 valence electrons. The lowest BCUT2D eigenvalue weighted by molar-refractivity contribution is -0.109. The number of halogens is 1. The van der Waals surface area contributed by atoms with Crippen molar-refractivity contribution in [3.63, 3.8) is 0 Å². The number of aromatic nitrogens is 2. The van der Waals surface area contributed by atoms with Crippen LogP contribution < -0.4 is 0 Å². The maximum absolute atomic E-state index is 10.6. The first-order valence-electron chi connectivity index (χ1n) is 2.79. The minimum atomic E-state index is 0.0160. The highest BCUT2D eigenvalue weighted by Crippen LogP contribution is 2.20.